The third-order valence-corrected chi connectivity index (χ3v) is 3.04. The van der Waals surface area contributed by atoms with E-state index in [-0.39, 0.29) is 6.10 Å². The standard InChI is InChI=1S/C12H11ClN2O2/c1-6-2-8-3-7(4-9(13)12(8)16-6)10-5-11(14)15-17-10/h3-6H,2H2,1H3,(H2,14,15). The Balaban J connectivity index is 2.09. The lowest BCUT2D eigenvalue weighted by atomic mass is 10.1. The molecule has 1 atom stereocenters. The van der Waals surface area contributed by atoms with E-state index in [4.69, 9.17) is 26.6 Å². The first-order valence-electron chi connectivity index (χ1n) is 5.35. The maximum atomic E-state index is 6.18. The lowest BCUT2D eigenvalue weighted by Gasteiger charge is -2.05. The number of nitrogens with two attached hydrogens (primary N) is 1. The first kappa shape index (κ1) is 10.5. The quantitative estimate of drug-likeness (QED) is 0.845. The van der Waals surface area contributed by atoms with Crippen LogP contribution in [0.5, 0.6) is 5.75 Å². The summed E-state index contributed by atoms with van der Waals surface area (Å²) in [6.07, 6.45) is 1.02. The van der Waals surface area contributed by atoms with Crippen LogP contribution in [0.4, 0.5) is 5.82 Å². The topological polar surface area (TPSA) is 61.3 Å². The Labute approximate surface area is 103 Å². The fourth-order valence-electron chi connectivity index (χ4n) is 2.05. The molecule has 2 N–H and O–H groups in total. The molecule has 0 amide bonds. The summed E-state index contributed by atoms with van der Waals surface area (Å²) in [4.78, 5) is 0. The largest absolute Gasteiger partial charge is 0.489 e. The molecule has 1 aromatic carbocycles. The second-order valence-corrected chi connectivity index (χ2v) is 4.60. The van der Waals surface area contributed by atoms with Crippen LogP contribution in [-0.2, 0) is 6.42 Å². The van der Waals surface area contributed by atoms with Crippen molar-refractivity contribution >= 4 is 17.4 Å². The number of fused-ring (bicyclic) bond motifs is 1. The molecule has 3 rings (SSSR count). The first-order valence-corrected chi connectivity index (χ1v) is 5.73. The molecule has 0 aliphatic carbocycles. The Kier molecular flexibility index (Phi) is 2.26. The number of hydrogen-bond donors (Lipinski definition) is 1. The minimum Gasteiger partial charge on any atom is -0.489 e. The Morgan fingerprint density at radius 3 is 2.94 bits per heavy atom. The van der Waals surface area contributed by atoms with Gasteiger partial charge in [0.15, 0.2) is 11.6 Å². The number of nitrogen functional groups attached to an aromatic ring is 1. The molecule has 5 heteroatoms. The van der Waals surface area contributed by atoms with Crippen LogP contribution in [0, 0.1) is 0 Å². The van der Waals surface area contributed by atoms with Gasteiger partial charge in [0.05, 0.1) is 5.02 Å². The van der Waals surface area contributed by atoms with Crippen LogP contribution < -0.4 is 10.5 Å². The van der Waals surface area contributed by atoms with Gasteiger partial charge in [-0.15, -0.1) is 0 Å². The molecule has 2 aromatic rings. The number of nitrogens with zero attached hydrogens (tertiary/aromatic N) is 1. The SMILES string of the molecule is CC1Cc2cc(-c3cc(N)no3)cc(Cl)c2O1. The maximum absolute atomic E-state index is 6.18. The minimum absolute atomic E-state index is 0.164. The highest BCUT2D eigenvalue weighted by molar-refractivity contribution is 6.32. The van der Waals surface area contributed by atoms with E-state index >= 15 is 0 Å². The van der Waals surface area contributed by atoms with Gasteiger partial charge >= 0.3 is 0 Å². The molecule has 0 bridgehead atoms. The average Bonchev–Trinajstić information content (AvgIpc) is 2.83. The number of halogens is 1. The van der Waals surface area contributed by atoms with E-state index in [1.165, 1.54) is 0 Å². The fourth-order valence-corrected chi connectivity index (χ4v) is 2.34. The van der Waals surface area contributed by atoms with E-state index in [2.05, 4.69) is 5.16 Å². The fraction of sp³-hybridized carbons (Fsp3) is 0.250. The third-order valence-electron chi connectivity index (χ3n) is 2.76. The summed E-state index contributed by atoms with van der Waals surface area (Å²) in [7, 11) is 0. The van der Waals surface area contributed by atoms with Crippen molar-refractivity contribution in [1.29, 1.82) is 0 Å². The lowest BCUT2D eigenvalue weighted by Crippen LogP contribution is -2.05. The van der Waals surface area contributed by atoms with Gasteiger partial charge in [-0.05, 0) is 19.1 Å². The van der Waals surface area contributed by atoms with Crippen molar-refractivity contribution in [1.82, 2.24) is 5.16 Å². The van der Waals surface area contributed by atoms with Gasteiger partial charge in [0.2, 0.25) is 0 Å². The normalized spacial score (nSPS) is 17.9. The zero-order valence-corrected chi connectivity index (χ0v) is 9.99. The summed E-state index contributed by atoms with van der Waals surface area (Å²) in [5, 5.41) is 4.25. The summed E-state index contributed by atoms with van der Waals surface area (Å²) >= 11 is 6.18. The summed E-state index contributed by atoms with van der Waals surface area (Å²) in [5.74, 6) is 1.75. The van der Waals surface area contributed by atoms with Gasteiger partial charge in [0.1, 0.15) is 11.9 Å². The van der Waals surface area contributed by atoms with Crippen molar-refractivity contribution in [2.45, 2.75) is 19.4 Å². The predicted octanol–water partition coefficient (Wildman–Crippen LogP) is 2.90. The number of anilines is 1. The van der Waals surface area contributed by atoms with Crippen LogP contribution in [-0.4, -0.2) is 11.3 Å². The van der Waals surface area contributed by atoms with Crippen LogP contribution in [0.25, 0.3) is 11.3 Å². The molecule has 0 fully saturated rings. The van der Waals surface area contributed by atoms with E-state index in [1.807, 2.05) is 13.0 Å². The van der Waals surface area contributed by atoms with Gasteiger partial charge in [-0.25, -0.2) is 0 Å². The molecule has 1 aromatic heterocycles. The van der Waals surface area contributed by atoms with Gasteiger partial charge in [-0.3, -0.25) is 0 Å². The first-order chi connectivity index (χ1) is 8.13. The van der Waals surface area contributed by atoms with Crippen molar-refractivity contribution < 1.29 is 9.26 Å². The highest BCUT2D eigenvalue weighted by atomic mass is 35.5. The zero-order valence-electron chi connectivity index (χ0n) is 9.24. The molecule has 88 valence electrons. The number of hydrogen-bond acceptors (Lipinski definition) is 4. The van der Waals surface area contributed by atoms with Gasteiger partial charge in [-0.2, -0.15) is 0 Å². The Morgan fingerprint density at radius 1 is 1.41 bits per heavy atom. The number of aromatic nitrogens is 1. The molecular formula is C12H11ClN2O2. The molecule has 2 heterocycles. The lowest BCUT2D eigenvalue weighted by molar-refractivity contribution is 0.255. The summed E-state index contributed by atoms with van der Waals surface area (Å²) in [5.41, 5.74) is 7.49. The zero-order chi connectivity index (χ0) is 12.0. The molecule has 1 aliphatic heterocycles. The molecule has 1 unspecified atom stereocenters. The molecule has 17 heavy (non-hydrogen) atoms. The third kappa shape index (κ3) is 1.74. The van der Waals surface area contributed by atoms with Gasteiger partial charge in [-0.1, -0.05) is 16.8 Å². The van der Waals surface area contributed by atoms with Crippen molar-refractivity contribution in [2.75, 3.05) is 5.73 Å². The van der Waals surface area contributed by atoms with E-state index < -0.39 is 0 Å². The van der Waals surface area contributed by atoms with Crippen LogP contribution in [0.3, 0.4) is 0 Å². The van der Waals surface area contributed by atoms with Crippen LogP contribution in [0.2, 0.25) is 5.02 Å². The Bertz CT molecular complexity index is 580. The van der Waals surface area contributed by atoms with E-state index in [9.17, 15) is 0 Å². The number of rotatable bonds is 1. The summed E-state index contributed by atoms with van der Waals surface area (Å²) in [6, 6.07) is 5.49. The van der Waals surface area contributed by atoms with E-state index in [0.717, 1.165) is 23.3 Å². The molecule has 0 radical (unpaired) electrons. The molecular weight excluding hydrogens is 240 g/mol. The van der Waals surface area contributed by atoms with E-state index in [1.54, 1.807) is 12.1 Å². The Morgan fingerprint density at radius 2 is 2.24 bits per heavy atom. The smallest absolute Gasteiger partial charge is 0.169 e. The van der Waals surface area contributed by atoms with Crippen molar-refractivity contribution in [3.63, 3.8) is 0 Å². The number of benzene rings is 1. The Hall–Kier alpha value is -1.68. The van der Waals surface area contributed by atoms with Crippen LogP contribution >= 0.6 is 11.6 Å². The highest BCUT2D eigenvalue weighted by Gasteiger charge is 2.23. The van der Waals surface area contributed by atoms with Crippen LogP contribution in [0.1, 0.15) is 12.5 Å². The second kappa shape index (κ2) is 3.67. The molecule has 0 spiro atoms. The minimum atomic E-state index is 0.164. The van der Waals surface area contributed by atoms with Crippen LogP contribution in [0.15, 0.2) is 22.7 Å². The summed E-state index contributed by atoms with van der Waals surface area (Å²) < 4.78 is 10.7. The molecule has 1 aliphatic rings. The van der Waals surface area contributed by atoms with Gasteiger partial charge in [0.25, 0.3) is 0 Å². The molecule has 0 saturated heterocycles. The number of ether oxygens (including phenoxy) is 1. The molecule has 4 nitrogen and oxygen atoms in total. The molecule has 0 saturated carbocycles. The van der Waals surface area contributed by atoms with Crippen molar-refractivity contribution in [3.05, 3.63) is 28.8 Å². The highest BCUT2D eigenvalue weighted by Crippen LogP contribution is 2.39. The second-order valence-electron chi connectivity index (χ2n) is 4.19. The maximum Gasteiger partial charge on any atom is 0.169 e. The van der Waals surface area contributed by atoms with E-state index in [0.29, 0.717) is 16.6 Å². The van der Waals surface area contributed by atoms with Crippen molar-refractivity contribution in [2.24, 2.45) is 0 Å². The summed E-state index contributed by atoms with van der Waals surface area (Å²) in [6.45, 7) is 2.02. The predicted molar refractivity (Wildman–Crippen MR) is 65.2 cm³/mol. The van der Waals surface area contributed by atoms with Gasteiger partial charge < -0.3 is 15.0 Å². The van der Waals surface area contributed by atoms with Crippen molar-refractivity contribution in [3.8, 4) is 17.1 Å². The van der Waals surface area contributed by atoms with Gasteiger partial charge in [0, 0.05) is 23.6 Å². The average molecular weight is 251 g/mol. The monoisotopic (exact) mass is 250 g/mol.